The molecule has 0 spiro atoms. The van der Waals surface area contributed by atoms with E-state index in [1.807, 2.05) is 4.90 Å². The number of nitrogens with two attached hydrogens (primary N) is 1. The molecule has 0 aromatic heterocycles. The fourth-order valence-electron chi connectivity index (χ4n) is 4.46. The Bertz CT molecular complexity index is 1170. The minimum atomic E-state index is -5.05. The van der Waals surface area contributed by atoms with Crippen LogP contribution in [0.1, 0.15) is 43.6 Å². The van der Waals surface area contributed by atoms with E-state index in [0.717, 1.165) is 17.2 Å². The number of nitrogens with one attached hydrogen (secondary N) is 1. The van der Waals surface area contributed by atoms with Crippen molar-refractivity contribution in [2.24, 2.45) is 11.1 Å². The van der Waals surface area contributed by atoms with Crippen LogP contribution >= 0.6 is 0 Å². The molecule has 1 aromatic rings. The molecule has 1 fully saturated rings. The highest BCUT2D eigenvalue weighted by Crippen LogP contribution is 2.39. The molecule has 2 aliphatic rings. The number of hydrogen-bond acceptors (Lipinski definition) is 7. The molecule has 0 atom stereocenters. The van der Waals surface area contributed by atoms with E-state index in [4.69, 9.17) is 20.6 Å². The number of carbonyl (C=O) groups is 2. The largest absolute Gasteiger partial charge is 0.459 e. The number of amides is 1. The number of ether oxygens (including phenoxy) is 2. The van der Waals surface area contributed by atoms with Crippen LogP contribution in [0.5, 0.6) is 0 Å². The predicted molar refractivity (Wildman–Crippen MR) is 132 cm³/mol. The third-order valence-electron chi connectivity index (χ3n) is 6.23. The van der Waals surface area contributed by atoms with Crippen LogP contribution in [0.25, 0.3) is 0 Å². The Kier molecular flexibility index (Phi) is 8.67. The summed E-state index contributed by atoms with van der Waals surface area (Å²) in [5.41, 5.74) is 1.54. The van der Waals surface area contributed by atoms with E-state index in [0.29, 0.717) is 26.3 Å². The second-order valence-corrected chi connectivity index (χ2v) is 10.2. The number of nitrogens with zero attached hydrogens (tertiary/aromatic N) is 2. The van der Waals surface area contributed by atoms with Crippen molar-refractivity contribution in [3.05, 3.63) is 58.2 Å². The number of morpholine rings is 1. The van der Waals surface area contributed by atoms with Gasteiger partial charge in [-0.25, -0.2) is 9.18 Å². The number of halogens is 4. The van der Waals surface area contributed by atoms with Crippen molar-refractivity contribution in [2.45, 2.75) is 46.5 Å². The molecule has 0 saturated carbocycles. The quantitative estimate of drug-likeness (QED) is 0.323. The maximum atomic E-state index is 14.6. The Balaban J connectivity index is 2.04. The van der Waals surface area contributed by atoms with E-state index < -0.39 is 57.9 Å². The van der Waals surface area contributed by atoms with Gasteiger partial charge in [0.05, 0.1) is 30.6 Å². The number of carbonyl (C=O) groups excluding carboxylic acids is 2. The van der Waals surface area contributed by atoms with Crippen LogP contribution in [-0.4, -0.2) is 72.5 Å². The standard InChI is InChI=1S/C26H32F4N4O4/c1-15(2)38-24(36)18-13-34(14-25(3,4)20(21(18)31)22(32)26(28,29)30)23(35)16-5-6-19(27)17(11-16)12-33-7-9-37-10-8-33/h5-6,11,13,15,32H,7-10,12,14,31H2,1-4H3. The third kappa shape index (κ3) is 6.60. The van der Waals surface area contributed by atoms with Crippen LogP contribution in [0.15, 0.2) is 41.2 Å². The molecule has 0 aliphatic carbocycles. The molecule has 8 nitrogen and oxygen atoms in total. The summed E-state index contributed by atoms with van der Waals surface area (Å²) < 4.78 is 66.0. The molecular formula is C26H32F4N4O4. The highest BCUT2D eigenvalue weighted by Gasteiger charge is 2.46. The molecule has 12 heteroatoms. The Labute approximate surface area is 218 Å². The molecule has 1 aromatic carbocycles. The second kappa shape index (κ2) is 11.2. The zero-order valence-corrected chi connectivity index (χ0v) is 21.7. The van der Waals surface area contributed by atoms with Crippen LogP contribution < -0.4 is 5.73 Å². The minimum absolute atomic E-state index is 0.0752. The first kappa shape index (κ1) is 29.3. The molecule has 3 rings (SSSR count). The summed E-state index contributed by atoms with van der Waals surface area (Å²) in [4.78, 5) is 29.5. The van der Waals surface area contributed by atoms with Gasteiger partial charge in [-0.05, 0) is 32.0 Å². The Hall–Kier alpha value is -3.25. The lowest BCUT2D eigenvalue weighted by Gasteiger charge is -2.32. The normalized spacial score (nSPS) is 18.8. The molecule has 208 valence electrons. The molecule has 1 amide bonds. The van der Waals surface area contributed by atoms with E-state index >= 15 is 0 Å². The number of hydrogen-bond donors (Lipinski definition) is 2. The van der Waals surface area contributed by atoms with Gasteiger partial charge in [0.1, 0.15) is 11.5 Å². The van der Waals surface area contributed by atoms with Crippen molar-refractivity contribution in [3.8, 4) is 0 Å². The van der Waals surface area contributed by atoms with E-state index in [1.54, 1.807) is 13.8 Å². The van der Waals surface area contributed by atoms with Crippen molar-refractivity contribution in [1.82, 2.24) is 9.80 Å². The van der Waals surface area contributed by atoms with Crippen LogP contribution in [0.2, 0.25) is 0 Å². The average Bonchev–Trinajstić information content (AvgIpc) is 2.92. The Morgan fingerprint density at radius 1 is 1.21 bits per heavy atom. The Morgan fingerprint density at radius 3 is 2.42 bits per heavy atom. The van der Waals surface area contributed by atoms with Gasteiger partial charge in [0.15, 0.2) is 0 Å². The number of esters is 1. The van der Waals surface area contributed by atoms with Gasteiger partial charge in [-0.15, -0.1) is 0 Å². The monoisotopic (exact) mass is 540 g/mol. The van der Waals surface area contributed by atoms with Crippen LogP contribution in [0, 0.1) is 16.6 Å². The first-order valence-electron chi connectivity index (χ1n) is 12.1. The molecule has 0 radical (unpaired) electrons. The summed E-state index contributed by atoms with van der Waals surface area (Å²) >= 11 is 0. The van der Waals surface area contributed by atoms with Gasteiger partial charge in [0, 0.05) is 54.5 Å². The van der Waals surface area contributed by atoms with Gasteiger partial charge in [0.25, 0.3) is 5.91 Å². The van der Waals surface area contributed by atoms with Crippen LogP contribution in [0.3, 0.4) is 0 Å². The molecule has 1 saturated heterocycles. The molecule has 0 bridgehead atoms. The summed E-state index contributed by atoms with van der Waals surface area (Å²) in [5, 5.41) is 7.80. The van der Waals surface area contributed by atoms with Crippen LogP contribution in [0.4, 0.5) is 17.6 Å². The average molecular weight is 541 g/mol. The van der Waals surface area contributed by atoms with Crippen LogP contribution in [-0.2, 0) is 20.8 Å². The summed E-state index contributed by atoms with van der Waals surface area (Å²) in [5.74, 6) is -2.22. The fourth-order valence-corrected chi connectivity index (χ4v) is 4.46. The van der Waals surface area contributed by atoms with Crippen molar-refractivity contribution < 1.29 is 36.6 Å². The Morgan fingerprint density at radius 2 is 1.84 bits per heavy atom. The third-order valence-corrected chi connectivity index (χ3v) is 6.23. The maximum Gasteiger partial charge on any atom is 0.433 e. The van der Waals surface area contributed by atoms with Gasteiger partial charge in [-0.1, -0.05) is 13.8 Å². The zero-order chi connectivity index (χ0) is 28.4. The van der Waals surface area contributed by atoms with Crippen molar-refractivity contribution >= 4 is 17.6 Å². The van der Waals surface area contributed by atoms with Crippen molar-refractivity contribution in [2.75, 3.05) is 32.8 Å². The van der Waals surface area contributed by atoms with Gasteiger partial charge >= 0.3 is 12.1 Å². The number of alkyl halides is 3. The van der Waals surface area contributed by atoms with E-state index in [2.05, 4.69) is 0 Å². The maximum absolute atomic E-state index is 14.6. The smallest absolute Gasteiger partial charge is 0.433 e. The summed E-state index contributed by atoms with van der Waals surface area (Å²) in [6, 6.07) is 3.81. The molecule has 0 unspecified atom stereocenters. The summed E-state index contributed by atoms with van der Waals surface area (Å²) in [7, 11) is 0. The predicted octanol–water partition coefficient (Wildman–Crippen LogP) is 3.77. The topological polar surface area (TPSA) is 109 Å². The lowest BCUT2D eigenvalue weighted by atomic mass is 9.79. The summed E-state index contributed by atoms with van der Waals surface area (Å²) in [6.07, 6.45) is -4.62. The zero-order valence-electron chi connectivity index (χ0n) is 21.7. The second-order valence-electron chi connectivity index (χ2n) is 10.2. The SMILES string of the molecule is CC(C)OC(=O)C1=CN(C(=O)c2ccc(F)c(CN3CCOCC3)c2)CC(C)(C)C(C(=N)C(F)(F)F)=C1N. The lowest BCUT2D eigenvalue weighted by Crippen LogP contribution is -2.40. The van der Waals surface area contributed by atoms with E-state index in [-0.39, 0.29) is 24.2 Å². The van der Waals surface area contributed by atoms with E-state index in [1.165, 1.54) is 26.0 Å². The summed E-state index contributed by atoms with van der Waals surface area (Å²) in [6.45, 7) is 8.01. The fraction of sp³-hybridized carbons (Fsp3) is 0.500. The number of rotatable bonds is 6. The van der Waals surface area contributed by atoms with Crippen molar-refractivity contribution in [3.63, 3.8) is 0 Å². The molecule has 38 heavy (non-hydrogen) atoms. The molecule has 2 aliphatic heterocycles. The number of benzene rings is 1. The molecule has 3 N–H and O–H groups in total. The van der Waals surface area contributed by atoms with E-state index in [9.17, 15) is 27.2 Å². The van der Waals surface area contributed by atoms with Gasteiger partial charge in [-0.3, -0.25) is 15.1 Å². The lowest BCUT2D eigenvalue weighted by molar-refractivity contribution is -0.142. The van der Waals surface area contributed by atoms with Gasteiger partial charge in [-0.2, -0.15) is 13.2 Å². The van der Waals surface area contributed by atoms with Gasteiger partial charge < -0.3 is 20.1 Å². The highest BCUT2D eigenvalue weighted by molar-refractivity contribution is 6.07. The first-order chi connectivity index (χ1) is 17.6. The highest BCUT2D eigenvalue weighted by atomic mass is 19.4. The van der Waals surface area contributed by atoms with Gasteiger partial charge in [0.2, 0.25) is 0 Å². The first-order valence-corrected chi connectivity index (χ1v) is 12.1. The van der Waals surface area contributed by atoms with Crippen molar-refractivity contribution in [1.29, 1.82) is 5.41 Å². The molecule has 2 heterocycles. The minimum Gasteiger partial charge on any atom is -0.459 e. The molecular weight excluding hydrogens is 508 g/mol.